The zero-order valence-corrected chi connectivity index (χ0v) is 17.8. The largest absolute Gasteiger partial charge is 0.465 e. The molecule has 7 heteroatoms. The zero-order chi connectivity index (χ0) is 22.9. The van der Waals surface area contributed by atoms with Gasteiger partial charge in [-0.15, -0.1) is 0 Å². The fourth-order valence-corrected chi connectivity index (χ4v) is 5.90. The monoisotopic (exact) mass is 443 g/mol. The Labute approximate surface area is 190 Å². The minimum Gasteiger partial charge on any atom is -0.465 e. The quantitative estimate of drug-likeness (QED) is 0.312. The van der Waals surface area contributed by atoms with E-state index in [9.17, 15) is 19.2 Å². The van der Waals surface area contributed by atoms with Crippen molar-refractivity contribution in [1.82, 2.24) is 0 Å². The summed E-state index contributed by atoms with van der Waals surface area (Å²) in [6, 6.07) is 12.4. The minimum absolute atomic E-state index is 0.129. The molecule has 1 aliphatic heterocycles. The second-order valence-corrected chi connectivity index (χ2v) is 9.12. The van der Waals surface area contributed by atoms with E-state index >= 15 is 0 Å². The summed E-state index contributed by atoms with van der Waals surface area (Å²) in [6.45, 7) is 0. The number of hydrogen-bond acceptors (Lipinski definition) is 6. The number of allylic oxidation sites excluding steroid dienone is 2. The summed E-state index contributed by atoms with van der Waals surface area (Å²) in [6.07, 6.45) is 5.41. The van der Waals surface area contributed by atoms with Crippen LogP contribution in [0.25, 0.3) is 0 Å². The second-order valence-electron chi connectivity index (χ2n) is 9.12. The van der Waals surface area contributed by atoms with Crippen LogP contribution in [0.4, 0.5) is 5.69 Å². The van der Waals surface area contributed by atoms with Crippen LogP contribution in [-0.2, 0) is 14.3 Å². The summed E-state index contributed by atoms with van der Waals surface area (Å²) in [5, 5.41) is 0. The number of amides is 2. The molecule has 0 aromatic heterocycles. The van der Waals surface area contributed by atoms with Crippen molar-refractivity contribution in [3.63, 3.8) is 0 Å². The summed E-state index contributed by atoms with van der Waals surface area (Å²) in [4.78, 5) is 51.7. The number of carbonyl (C=O) groups is 4. The smallest absolute Gasteiger partial charge is 0.343 e. The van der Waals surface area contributed by atoms with Crippen molar-refractivity contribution in [3.05, 3.63) is 71.8 Å². The number of esters is 2. The molecule has 0 N–H and O–H groups in total. The van der Waals surface area contributed by atoms with Crippen LogP contribution in [0.5, 0.6) is 5.75 Å². The van der Waals surface area contributed by atoms with Crippen LogP contribution in [-0.4, -0.2) is 30.9 Å². The van der Waals surface area contributed by atoms with Gasteiger partial charge in [0, 0.05) is 0 Å². The molecule has 0 radical (unpaired) electrons. The Morgan fingerprint density at radius 1 is 0.788 bits per heavy atom. The highest BCUT2D eigenvalue weighted by atomic mass is 16.5. The van der Waals surface area contributed by atoms with Gasteiger partial charge in [-0.2, -0.15) is 0 Å². The van der Waals surface area contributed by atoms with Gasteiger partial charge in [0.1, 0.15) is 5.75 Å². The first kappa shape index (κ1) is 19.9. The Bertz CT molecular complexity index is 1180. The summed E-state index contributed by atoms with van der Waals surface area (Å²) in [7, 11) is 1.29. The molecule has 2 saturated carbocycles. The molecule has 7 nitrogen and oxygen atoms in total. The lowest BCUT2D eigenvalue weighted by Gasteiger charge is -2.37. The molecule has 2 aromatic rings. The van der Waals surface area contributed by atoms with Crippen LogP contribution in [0.15, 0.2) is 60.7 Å². The molecular weight excluding hydrogens is 422 g/mol. The van der Waals surface area contributed by atoms with Crippen molar-refractivity contribution in [3.8, 4) is 5.75 Å². The van der Waals surface area contributed by atoms with Crippen molar-refractivity contribution >= 4 is 29.4 Å². The van der Waals surface area contributed by atoms with Crippen molar-refractivity contribution in [1.29, 1.82) is 0 Å². The molecule has 1 saturated heterocycles. The molecule has 33 heavy (non-hydrogen) atoms. The summed E-state index contributed by atoms with van der Waals surface area (Å²) < 4.78 is 10.0. The number of rotatable bonds is 4. The van der Waals surface area contributed by atoms with Crippen LogP contribution in [0.3, 0.4) is 0 Å². The molecule has 6 atom stereocenters. The van der Waals surface area contributed by atoms with Gasteiger partial charge in [0.25, 0.3) is 0 Å². The van der Waals surface area contributed by atoms with Gasteiger partial charge >= 0.3 is 11.9 Å². The average molecular weight is 443 g/mol. The SMILES string of the molecule is COC(=O)c1ccc(OC(=O)c2ccc(N3C(=O)[C@@H]4[C@H]5C=C[C@@H]([C@@H]6C[C@@H]56)[C@H]4C3=O)cc2)cc1. The van der Waals surface area contributed by atoms with E-state index in [0.29, 0.717) is 23.1 Å². The van der Waals surface area contributed by atoms with Crippen molar-refractivity contribution in [2.45, 2.75) is 6.42 Å². The van der Waals surface area contributed by atoms with E-state index in [4.69, 9.17) is 4.74 Å². The van der Waals surface area contributed by atoms with Crippen LogP contribution in [0.1, 0.15) is 27.1 Å². The summed E-state index contributed by atoms with van der Waals surface area (Å²) in [5.41, 5.74) is 1.12. The molecule has 2 amide bonds. The molecule has 2 bridgehead atoms. The molecule has 3 fully saturated rings. The van der Waals surface area contributed by atoms with Gasteiger partial charge in [-0.05, 0) is 78.6 Å². The van der Waals surface area contributed by atoms with E-state index in [1.165, 1.54) is 36.3 Å². The van der Waals surface area contributed by atoms with Crippen LogP contribution in [0.2, 0.25) is 0 Å². The van der Waals surface area contributed by atoms with E-state index in [-0.39, 0.29) is 46.8 Å². The maximum Gasteiger partial charge on any atom is 0.343 e. The van der Waals surface area contributed by atoms with Crippen molar-refractivity contribution < 1.29 is 28.7 Å². The lowest BCUT2D eigenvalue weighted by Crippen LogP contribution is -2.40. The van der Waals surface area contributed by atoms with Gasteiger partial charge in [-0.1, -0.05) is 12.2 Å². The van der Waals surface area contributed by atoms with Crippen LogP contribution >= 0.6 is 0 Å². The van der Waals surface area contributed by atoms with Gasteiger partial charge in [0.05, 0.1) is 35.8 Å². The minimum atomic E-state index is -0.581. The Hall–Kier alpha value is -3.74. The molecule has 2 aromatic carbocycles. The number of benzene rings is 2. The number of methoxy groups -OCH3 is 1. The molecule has 166 valence electrons. The van der Waals surface area contributed by atoms with Gasteiger partial charge in [0.2, 0.25) is 11.8 Å². The Kier molecular flexibility index (Phi) is 4.30. The Balaban J connectivity index is 1.18. The molecule has 1 heterocycles. The first-order valence-corrected chi connectivity index (χ1v) is 11.0. The standard InChI is InChI=1S/C26H21NO6/c1-32-25(30)13-4-8-16(9-5-13)33-26(31)14-2-6-15(7-3-14)27-23(28)21-17-10-11-18(20-12-19(17)20)22(21)24(27)29/h2-11,17-22H,12H2,1H3/t17-,18-,19-,20-,21+,22+/m0/s1. The van der Waals surface area contributed by atoms with Crippen molar-refractivity contribution in [2.24, 2.45) is 35.5 Å². The maximum absolute atomic E-state index is 13.2. The van der Waals surface area contributed by atoms with Gasteiger partial charge in [-0.25, -0.2) is 9.59 Å². The summed E-state index contributed by atoms with van der Waals surface area (Å²) >= 11 is 0. The number of carbonyl (C=O) groups excluding carboxylic acids is 4. The Morgan fingerprint density at radius 2 is 1.30 bits per heavy atom. The number of imide groups is 1. The fourth-order valence-electron chi connectivity index (χ4n) is 5.90. The second kappa shape index (κ2) is 7.13. The van der Waals surface area contributed by atoms with Crippen molar-refractivity contribution in [2.75, 3.05) is 12.0 Å². The molecule has 0 unspecified atom stereocenters. The van der Waals surface area contributed by atoms with Gasteiger partial charge in [0.15, 0.2) is 0 Å². The lowest BCUT2D eigenvalue weighted by atomic mass is 9.63. The van der Waals surface area contributed by atoms with E-state index in [2.05, 4.69) is 16.9 Å². The predicted molar refractivity (Wildman–Crippen MR) is 116 cm³/mol. The molecular formula is C26H21NO6. The third kappa shape index (κ3) is 2.95. The number of hydrogen-bond donors (Lipinski definition) is 0. The first-order chi connectivity index (χ1) is 16.0. The van der Waals surface area contributed by atoms with Gasteiger partial charge in [-0.3, -0.25) is 14.5 Å². The lowest BCUT2D eigenvalue weighted by molar-refractivity contribution is -0.124. The maximum atomic E-state index is 13.2. The first-order valence-electron chi connectivity index (χ1n) is 11.0. The molecule has 4 aliphatic carbocycles. The topological polar surface area (TPSA) is 90.0 Å². The third-order valence-corrected chi connectivity index (χ3v) is 7.51. The summed E-state index contributed by atoms with van der Waals surface area (Å²) in [5.74, 6) is -0.0925. The predicted octanol–water partition coefficient (Wildman–Crippen LogP) is 3.25. The van der Waals surface area contributed by atoms with Crippen LogP contribution in [0, 0.1) is 35.5 Å². The highest BCUT2D eigenvalue weighted by Gasteiger charge is 2.67. The average Bonchev–Trinajstić information content (AvgIpc) is 3.62. The zero-order valence-electron chi connectivity index (χ0n) is 17.8. The number of anilines is 1. The van der Waals surface area contributed by atoms with E-state index in [0.717, 1.165) is 6.42 Å². The van der Waals surface area contributed by atoms with Gasteiger partial charge < -0.3 is 9.47 Å². The molecule has 7 rings (SSSR count). The van der Waals surface area contributed by atoms with Crippen LogP contribution < -0.4 is 9.64 Å². The Morgan fingerprint density at radius 3 is 1.85 bits per heavy atom. The van der Waals surface area contributed by atoms with E-state index in [1.807, 2.05) is 0 Å². The fraction of sp³-hybridized carbons (Fsp3) is 0.308. The van der Waals surface area contributed by atoms with E-state index < -0.39 is 11.9 Å². The highest BCUT2D eigenvalue weighted by molar-refractivity contribution is 6.22. The number of ether oxygens (including phenoxy) is 2. The molecule has 5 aliphatic rings. The normalized spacial score (nSPS) is 30.6. The number of nitrogens with zero attached hydrogens (tertiary/aromatic N) is 1. The van der Waals surface area contributed by atoms with E-state index in [1.54, 1.807) is 24.3 Å². The molecule has 0 spiro atoms. The third-order valence-electron chi connectivity index (χ3n) is 7.51. The highest BCUT2D eigenvalue weighted by Crippen LogP contribution is 2.65.